The Morgan fingerprint density at radius 2 is 1.55 bits per heavy atom. The third-order valence-corrected chi connectivity index (χ3v) is 8.24. The molecule has 0 radical (unpaired) electrons. The van der Waals surface area contributed by atoms with Crippen LogP contribution in [0.2, 0.25) is 0 Å². The van der Waals surface area contributed by atoms with Gasteiger partial charge in [0, 0.05) is 81.1 Å². The number of alkyl halides is 3. The normalized spacial score (nSPS) is 16.9. The number of aryl methyl sites for hydroxylation is 1. The van der Waals surface area contributed by atoms with Crippen LogP contribution < -0.4 is 9.80 Å². The van der Waals surface area contributed by atoms with Gasteiger partial charge in [-0.2, -0.15) is 13.2 Å². The number of piperazine rings is 2. The monoisotopic (exact) mass is 570 g/mol. The van der Waals surface area contributed by atoms with Crippen LogP contribution in [0.25, 0.3) is 0 Å². The van der Waals surface area contributed by atoms with Gasteiger partial charge < -0.3 is 19.6 Å². The molecule has 11 heteroatoms. The molecule has 0 unspecified atom stereocenters. The van der Waals surface area contributed by atoms with Gasteiger partial charge in [0.25, 0.3) is 5.91 Å². The minimum atomic E-state index is -4.35. The smallest absolute Gasteiger partial charge is 0.368 e. The van der Waals surface area contributed by atoms with E-state index in [-0.39, 0.29) is 5.91 Å². The molecular weight excluding hydrogens is 537 g/mol. The number of rotatable bonds is 6. The highest BCUT2D eigenvalue weighted by Crippen LogP contribution is 2.32. The number of aromatic nitrogens is 2. The van der Waals surface area contributed by atoms with E-state index in [4.69, 9.17) is 4.98 Å². The van der Waals surface area contributed by atoms with Crippen molar-refractivity contribution in [1.29, 1.82) is 0 Å². The lowest BCUT2D eigenvalue weighted by atomic mass is 10.1. The highest BCUT2D eigenvalue weighted by atomic mass is 32.2. The summed E-state index contributed by atoms with van der Waals surface area (Å²) in [6.45, 7) is 7.74. The Labute approximate surface area is 237 Å². The van der Waals surface area contributed by atoms with Crippen molar-refractivity contribution in [2.24, 2.45) is 0 Å². The quantitative estimate of drug-likeness (QED) is 0.312. The Hall–Kier alpha value is -3.31. The summed E-state index contributed by atoms with van der Waals surface area (Å²) in [5, 5.41) is 0.674. The van der Waals surface area contributed by atoms with Crippen molar-refractivity contribution in [3.8, 4) is 0 Å². The average molecular weight is 571 g/mol. The maximum Gasteiger partial charge on any atom is 0.416 e. The minimum absolute atomic E-state index is 0.0760. The number of anilines is 2. The van der Waals surface area contributed by atoms with Gasteiger partial charge >= 0.3 is 6.18 Å². The molecule has 2 aromatic carbocycles. The van der Waals surface area contributed by atoms with E-state index < -0.39 is 11.7 Å². The molecule has 0 bridgehead atoms. The highest BCUT2D eigenvalue weighted by Gasteiger charge is 2.31. The molecule has 0 saturated carbocycles. The molecule has 1 amide bonds. The lowest BCUT2D eigenvalue weighted by Gasteiger charge is -2.37. The van der Waals surface area contributed by atoms with Gasteiger partial charge in [-0.1, -0.05) is 30.0 Å². The van der Waals surface area contributed by atoms with E-state index in [0.717, 1.165) is 49.3 Å². The predicted octanol–water partition coefficient (Wildman–Crippen LogP) is 4.81. The number of carbonyl (C=O) groups is 1. The highest BCUT2D eigenvalue weighted by molar-refractivity contribution is 7.98. The Bertz CT molecular complexity index is 1320. The summed E-state index contributed by atoms with van der Waals surface area (Å²) in [7, 11) is 2.07. The van der Waals surface area contributed by atoms with Crippen LogP contribution in [0.3, 0.4) is 0 Å². The molecule has 0 aliphatic carbocycles. The molecule has 2 saturated heterocycles. The van der Waals surface area contributed by atoms with Crippen LogP contribution in [0.4, 0.5) is 24.7 Å². The topological polar surface area (TPSA) is 55.8 Å². The van der Waals surface area contributed by atoms with E-state index >= 15 is 0 Å². The SMILES string of the molecule is Cc1cc(N2CCN(c3cccc(C(F)(F)F)c3)CC2)nc(SCc2ccc(C(=O)N3CCN(C)CC3)cc2)n1. The average Bonchev–Trinajstić information content (AvgIpc) is 2.96. The molecule has 7 nitrogen and oxygen atoms in total. The second-order valence-corrected chi connectivity index (χ2v) is 11.2. The van der Waals surface area contributed by atoms with Crippen molar-refractivity contribution >= 4 is 29.2 Å². The fourth-order valence-corrected chi connectivity index (χ4v) is 5.76. The van der Waals surface area contributed by atoms with Crippen LogP contribution in [0, 0.1) is 6.92 Å². The summed E-state index contributed by atoms with van der Waals surface area (Å²) < 4.78 is 39.4. The van der Waals surface area contributed by atoms with Crippen molar-refractivity contribution in [3.05, 3.63) is 77.0 Å². The summed E-state index contributed by atoms with van der Waals surface area (Å²) in [5.74, 6) is 1.58. The lowest BCUT2D eigenvalue weighted by molar-refractivity contribution is -0.137. The van der Waals surface area contributed by atoms with Crippen molar-refractivity contribution < 1.29 is 18.0 Å². The molecule has 2 aliphatic rings. The maximum atomic E-state index is 13.1. The van der Waals surface area contributed by atoms with Gasteiger partial charge in [0.1, 0.15) is 5.82 Å². The summed E-state index contributed by atoms with van der Waals surface area (Å²) in [6, 6.07) is 15.2. The first-order chi connectivity index (χ1) is 19.2. The first-order valence-corrected chi connectivity index (χ1v) is 14.4. The Morgan fingerprint density at radius 1 is 0.875 bits per heavy atom. The van der Waals surface area contributed by atoms with Crippen LogP contribution in [-0.4, -0.2) is 85.1 Å². The van der Waals surface area contributed by atoms with Crippen molar-refractivity contribution in [1.82, 2.24) is 19.8 Å². The summed E-state index contributed by atoms with van der Waals surface area (Å²) in [6.07, 6.45) is -4.35. The largest absolute Gasteiger partial charge is 0.416 e. The number of hydrogen-bond donors (Lipinski definition) is 0. The number of halogens is 3. The zero-order valence-electron chi connectivity index (χ0n) is 22.7. The molecule has 2 fully saturated rings. The summed E-state index contributed by atoms with van der Waals surface area (Å²) in [4.78, 5) is 30.4. The lowest BCUT2D eigenvalue weighted by Crippen LogP contribution is -2.47. The second kappa shape index (κ2) is 12.1. The Balaban J connectivity index is 1.17. The standard InChI is InChI=1S/C29H33F3N6OS/c1-21-18-26(37-16-14-36(15-17-37)25-5-3-4-24(19-25)29(30,31)32)34-28(33-21)40-20-22-6-8-23(9-7-22)27(39)38-12-10-35(2)11-13-38/h3-9,18-19H,10-17,20H2,1-2H3. The summed E-state index contributed by atoms with van der Waals surface area (Å²) >= 11 is 1.54. The van der Waals surface area contributed by atoms with Crippen LogP contribution in [0.5, 0.6) is 0 Å². The van der Waals surface area contributed by atoms with E-state index in [1.165, 1.54) is 12.1 Å². The molecule has 3 heterocycles. The van der Waals surface area contributed by atoms with Crippen LogP contribution in [-0.2, 0) is 11.9 Å². The van der Waals surface area contributed by atoms with Gasteiger partial charge in [-0.05, 0) is 49.9 Å². The van der Waals surface area contributed by atoms with Crippen LogP contribution >= 0.6 is 11.8 Å². The number of nitrogens with zero attached hydrogens (tertiary/aromatic N) is 6. The molecule has 2 aliphatic heterocycles. The van der Waals surface area contributed by atoms with Crippen LogP contribution in [0.1, 0.15) is 27.2 Å². The van der Waals surface area contributed by atoms with Crippen molar-refractivity contribution in [2.75, 3.05) is 69.2 Å². The van der Waals surface area contributed by atoms with Crippen molar-refractivity contribution in [3.63, 3.8) is 0 Å². The van der Waals surface area contributed by atoms with E-state index in [2.05, 4.69) is 21.8 Å². The molecule has 212 valence electrons. The third-order valence-electron chi connectivity index (χ3n) is 7.32. The molecule has 3 aromatic rings. The first kappa shape index (κ1) is 28.2. The molecule has 0 atom stereocenters. The Morgan fingerprint density at radius 3 is 2.23 bits per heavy atom. The molecule has 40 heavy (non-hydrogen) atoms. The predicted molar refractivity (Wildman–Crippen MR) is 152 cm³/mol. The number of carbonyl (C=O) groups excluding carboxylic acids is 1. The van der Waals surface area contributed by atoms with Gasteiger partial charge in [0.15, 0.2) is 5.16 Å². The first-order valence-electron chi connectivity index (χ1n) is 13.4. The minimum Gasteiger partial charge on any atom is -0.368 e. The van der Waals surface area contributed by atoms with Gasteiger partial charge in [0.05, 0.1) is 5.56 Å². The maximum absolute atomic E-state index is 13.1. The van der Waals surface area contributed by atoms with E-state index in [0.29, 0.717) is 48.3 Å². The van der Waals surface area contributed by atoms with E-state index in [1.54, 1.807) is 17.8 Å². The van der Waals surface area contributed by atoms with E-state index in [1.807, 2.05) is 47.1 Å². The number of benzene rings is 2. The van der Waals surface area contributed by atoms with Crippen molar-refractivity contribution in [2.45, 2.75) is 24.0 Å². The number of thioether (sulfide) groups is 1. The van der Waals surface area contributed by atoms with Gasteiger partial charge in [-0.25, -0.2) is 9.97 Å². The van der Waals surface area contributed by atoms with Crippen LogP contribution in [0.15, 0.2) is 59.8 Å². The fourth-order valence-electron chi connectivity index (χ4n) is 4.91. The number of amides is 1. The zero-order chi connectivity index (χ0) is 28.3. The van der Waals surface area contributed by atoms with Gasteiger partial charge in [0.2, 0.25) is 0 Å². The molecular formula is C29H33F3N6OS. The summed E-state index contributed by atoms with van der Waals surface area (Å²) in [5.41, 5.74) is 2.61. The number of hydrogen-bond acceptors (Lipinski definition) is 7. The van der Waals surface area contributed by atoms with Gasteiger partial charge in [-0.15, -0.1) is 0 Å². The number of likely N-dealkylation sites (N-methyl/N-ethyl adjacent to an activating group) is 1. The fraction of sp³-hybridized carbons (Fsp3) is 0.414. The third kappa shape index (κ3) is 6.87. The molecule has 1 aromatic heterocycles. The molecule has 0 N–H and O–H groups in total. The second-order valence-electron chi connectivity index (χ2n) is 10.3. The molecule has 0 spiro atoms. The Kier molecular flexibility index (Phi) is 8.51. The van der Waals surface area contributed by atoms with Gasteiger partial charge in [-0.3, -0.25) is 4.79 Å². The zero-order valence-corrected chi connectivity index (χ0v) is 23.5. The molecule has 5 rings (SSSR count). The van der Waals surface area contributed by atoms with E-state index in [9.17, 15) is 18.0 Å².